The lowest BCUT2D eigenvalue weighted by Gasteiger charge is -2.17. The molecule has 106 valence electrons. The van der Waals surface area contributed by atoms with E-state index < -0.39 is 0 Å². The summed E-state index contributed by atoms with van der Waals surface area (Å²) < 4.78 is 1.08. The minimum Gasteiger partial charge on any atom is -0.398 e. The third-order valence-electron chi connectivity index (χ3n) is 3.52. The number of aromatic nitrogens is 1. The van der Waals surface area contributed by atoms with Crippen LogP contribution >= 0.6 is 15.9 Å². The van der Waals surface area contributed by atoms with Gasteiger partial charge in [-0.15, -0.1) is 0 Å². The second-order valence-electron chi connectivity index (χ2n) is 5.02. The molecule has 0 radical (unpaired) electrons. The van der Waals surface area contributed by atoms with Gasteiger partial charge in [-0.2, -0.15) is 0 Å². The highest BCUT2D eigenvalue weighted by Crippen LogP contribution is 2.29. The molecule has 0 saturated heterocycles. The normalized spacial score (nSPS) is 12.3. The van der Waals surface area contributed by atoms with Crippen LogP contribution in [0.15, 0.2) is 59.2 Å². The molecule has 0 bridgehead atoms. The summed E-state index contributed by atoms with van der Waals surface area (Å²) in [5.74, 6) is 0. The zero-order valence-electron chi connectivity index (χ0n) is 11.7. The van der Waals surface area contributed by atoms with Crippen molar-refractivity contribution in [1.29, 1.82) is 0 Å². The Morgan fingerprint density at radius 3 is 2.81 bits per heavy atom. The van der Waals surface area contributed by atoms with E-state index in [-0.39, 0.29) is 6.04 Å². The smallest absolute Gasteiger partial charge is 0.0954 e. The minimum atomic E-state index is 0.177. The fourth-order valence-electron chi connectivity index (χ4n) is 2.40. The standard InChI is InChI=1S/C17H16BrN3/c1-11(12-4-2-5-13(18)10-12)21-16-8-7-15(19)14-6-3-9-20-17(14)16/h2-11,21H,19H2,1H3. The molecular weight excluding hydrogens is 326 g/mol. The maximum Gasteiger partial charge on any atom is 0.0954 e. The summed E-state index contributed by atoms with van der Waals surface area (Å²) >= 11 is 3.51. The van der Waals surface area contributed by atoms with E-state index in [9.17, 15) is 0 Å². The zero-order valence-corrected chi connectivity index (χ0v) is 13.3. The molecule has 0 spiro atoms. The molecule has 2 aromatic carbocycles. The highest BCUT2D eigenvalue weighted by atomic mass is 79.9. The van der Waals surface area contributed by atoms with Crippen LogP contribution in [-0.2, 0) is 0 Å². The third-order valence-corrected chi connectivity index (χ3v) is 4.02. The first kappa shape index (κ1) is 13.9. The molecule has 1 atom stereocenters. The zero-order chi connectivity index (χ0) is 14.8. The van der Waals surface area contributed by atoms with Gasteiger partial charge in [0.25, 0.3) is 0 Å². The Kier molecular flexibility index (Phi) is 3.80. The number of benzene rings is 2. The number of nitrogens with two attached hydrogens (primary N) is 1. The maximum absolute atomic E-state index is 6.01. The molecule has 0 amide bonds. The average molecular weight is 342 g/mol. The van der Waals surface area contributed by atoms with Crippen molar-refractivity contribution in [3.8, 4) is 0 Å². The summed E-state index contributed by atoms with van der Waals surface area (Å²) in [6, 6.07) is 16.3. The summed E-state index contributed by atoms with van der Waals surface area (Å²) in [4.78, 5) is 4.45. The Morgan fingerprint density at radius 1 is 1.14 bits per heavy atom. The number of nitrogens with zero attached hydrogens (tertiary/aromatic N) is 1. The second kappa shape index (κ2) is 5.74. The molecule has 0 aliphatic heterocycles. The van der Waals surface area contributed by atoms with Gasteiger partial charge in [0.15, 0.2) is 0 Å². The number of pyridine rings is 1. The van der Waals surface area contributed by atoms with Crippen LogP contribution in [0.5, 0.6) is 0 Å². The quantitative estimate of drug-likeness (QED) is 0.675. The fourth-order valence-corrected chi connectivity index (χ4v) is 2.82. The molecule has 3 rings (SSSR count). The monoisotopic (exact) mass is 341 g/mol. The van der Waals surface area contributed by atoms with Crippen LogP contribution in [0.2, 0.25) is 0 Å². The first-order valence-corrected chi connectivity index (χ1v) is 7.59. The molecule has 1 heterocycles. The molecule has 0 saturated carbocycles. The molecule has 3 nitrogen and oxygen atoms in total. The van der Waals surface area contributed by atoms with Gasteiger partial charge in [-0.1, -0.05) is 28.1 Å². The summed E-state index contributed by atoms with van der Waals surface area (Å²) in [5, 5.41) is 4.49. The molecule has 4 heteroatoms. The third kappa shape index (κ3) is 2.85. The van der Waals surface area contributed by atoms with Crippen molar-refractivity contribution in [2.24, 2.45) is 0 Å². The lowest BCUT2D eigenvalue weighted by molar-refractivity contribution is 0.885. The van der Waals surface area contributed by atoms with Gasteiger partial charge < -0.3 is 11.1 Å². The number of nitrogen functional groups attached to an aromatic ring is 1. The highest BCUT2D eigenvalue weighted by molar-refractivity contribution is 9.10. The van der Waals surface area contributed by atoms with E-state index in [0.29, 0.717) is 0 Å². The van der Waals surface area contributed by atoms with Crippen molar-refractivity contribution in [2.75, 3.05) is 11.1 Å². The van der Waals surface area contributed by atoms with Gasteiger partial charge in [0.2, 0.25) is 0 Å². The number of anilines is 2. The number of rotatable bonds is 3. The number of hydrogen-bond acceptors (Lipinski definition) is 3. The molecule has 3 aromatic rings. The van der Waals surface area contributed by atoms with Crippen molar-refractivity contribution in [2.45, 2.75) is 13.0 Å². The molecule has 1 unspecified atom stereocenters. The first-order chi connectivity index (χ1) is 10.1. The topological polar surface area (TPSA) is 50.9 Å². The molecule has 21 heavy (non-hydrogen) atoms. The van der Waals surface area contributed by atoms with Crippen LogP contribution in [-0.4, -0.2) is 4.98 Å². The van der Waals surface area contributed by atoms with E-state index in [1.165, 1.54) is 5.56 Å². The number of hydrogen-bond donors (Lipinski definition) is 2. The Hall–Kier alpha value is -2.07. The van der Waals surface area contributed by atoms with Crippen LogP contribution in [0.4, 0.5) is 11.4 Å². The van der Waals surface area contributed by atoms with Crippen molar-refractivity contribution in [3.63, 3.8) is 0 Å². The summed E-state index contributed by atoms with van der Waals surface area (Å²) in [6.45, 7) is 2.13. The van der Waals surface area contributed by atoms with Crippen LogP contribution in [0.3, 0.4) is 0 Å². The van der Waals surface area contributed by atoms with E-state index in [4.69, 9.17) is 5.73 Å². The van der Waals surface area contributed by atoms with Crippen LogP contribution < -0.4 is 11.1 Å². The average Bonchev–Trinajstić information content (AvgIpc) is 2.50. The number of nitrogens with one attached hydrogen (secondary N) is 1. The molecule has 1 aromatic heterocycles. The molecular formula is C17H16BrN3. The lowest BCUT2D eigenvalue weighted by Crippen LogP contribution is -2.07. The van der Waals surface area contributed by atoms with E-state index in [2.05, 4.69) is 45.3 Å². The molecule has 0 aliphatic carbocycles. The second-order valence-corrected chi connectivity index (χ2v) is 5.94. The first-order valence-electron chi connectivity index (χ1n) is 6.80. The van der Waals surface area contributed by atoms with E-state index in [1.54, 1.807) is 6.20 Å². The lowest BCUT2D eigenvalue weighted by atomic mass is 10.1. The van der Waals surface area contributed by atoms with E-state index in [1.807, 2.05) is 36.4 Å². The van der Waals surface area contributed by atoms with Gasteiger partial charge in [-0.3, -0.25) is 4.98 Å². The predicted molar refractivity (Wildman–Crippen MR) is 92.3 cm³/mol. The molecule has 0 aliphatic rings. The number of halogens is 1. The maximum atomic E-state index is 6.01. The minimum absolute atomic E-state index is 0.177. The fraction of sp³-hybridized carbons (Fsp3) is 0.118. The van der Waals surface area contributed by atoms with Gasteiger partial charge in [0.1, 0.15) is 0 Å². The van der Waals surface area contributed by atoms with Crippen molar-refractivity contribution < 1.29 is 0 Å². The Morgan fingerprint density at radius 2 is 2.00 bits per heavy atom. The summed E-state index contributed by atoms with van der Waals surface area (Å²) in [5.41, 5.74) is 9.87. The van der Waals surface area contributed by atoms with Gasteiger partial charge in [-0.05, 0) is 48.9 Å². The SMILES string of the molecule is CC(Nc1ccc(N)c2cccnc12)c1cccc(Br)c1. The molecule has 0 fully saturated rings. The predicted octanol–water partition coefficient (Wildman–Crippen LogP) is 4.75. The van der Waals surface area contributed by atoms with Gasteiger partial charge in [0.05, 0.1) is 11.2 Å². The highest BCUT2D eigenvalue weighted by Gasteiger charge is 2.10. The van der Waals surface area contributed by atoms with Gasteiger partial charge in [-0.25, -0.2) is 0 Å². The van der Waals surface area contributed by atoms with Crippen molar-refractivity contribution in [3.05, 3.63) is 64.8 Å². The van der Waals surface area contributed by atoms with Crippen LogP contribution in [0.25, 0.3) is 10.9 Å². The Labute approximate surface area is 132 Å². The van der Waals surface area contributed by atoms with Crippen molar-refractivity contribution in [1.82, 2.24) is 4.98 Å². The summed E-state index contributed by atoms with van der Waals surface area (Å²) in [7, 11) is 0. The summed E-state index contributed by atoms with van der Waals surface area (Å²) in [6.07, 6.45) is 1.79. The van der Waals surface area contributed by atoms with E-state index in [0.717, 1.165) is 26.8 Å². The molecule has 3 N–H and O–H groups in total. The Balaban J connectivity index is 1.97. The number of fused-ring (bicyclic) bond motifs is 1. The van der Waals surface area contributed by atoms with Gasteiger partial charge >= 0.3 is 0 Å². The van der Waals surface area contributed by atoms with Crippen LogP contribution in [0, 0.1) is 0 Å². The van der Waals surface area contributed by atoms with Crippen LogP contribution in [0.1, 0.15) is 18.5 Å². The van der Waals surface area contributed by atoms with Gasteiger partial charge in [0, 0.05) is 27.8 Å². The van der Waals surface area contributed by atoms with E-state index >= 15 is 0 Å². The van der Waals surface area contributed by atoms with Crippen molar-refractivity contribution >= 4 is 38.2 Å². The largest absolute Gasteiger partial charge is 0.398 e. The Bertz CT molecular complexity index is 786.